The summed E-state index contributed by atoms with van der Waals surface area (Å²) in [6.07, 6.45) is 2.00. The highest BCUT2D eigenvalue weighted by atomic mass is 35.5. The van der Waals surface area contributed by atoms with Crippen molar-refractivity contribution in [1.82, 2.24) is 24.8 Å². The highest BCUT2D eigenvalue weighted by Crippen LogP contribution is 2.32. The number of aromatic amines is 1. The van der Waals surface area contributed by atoms with Crippen molar-refractivity contribution in [2.45, 2.75) is 10.6 Å². The molecule has 0 aliphatic heterocycles. The monoisotopic (exact) mass is 397 g/mol. The zero-order valence-electron chi connectivity index (χ0n) is 13.4. The van der Waals surface area contributed by atoms with Crippen molar-refractivity contribution in [3.05, 3.63) is 65.6 Å². The van der Waals surface area contributed by atoms with Gasteiger partial charge in [0, 0.05) is 32.6 Å². The Kier molecular flexibility index (Phi) is 3.92. The first-order chi connectivity index (χ1) is 12.8. The van der Waals surface area contributed by atoms with Crippen LogP contribution in [0.1, 0.15) is 5.82 Å². The van der Waals surface area contributed by atoms with Crippen LogP contribution in [0.4, 0.5) is 0 Å². The molecule has 5 nitrogen and oxygen atoms in total. The van der Waals surface area contributed by atoms with Crippen molar-refractivity contribution in [2.24, 2.45) is 0 Å². The number of para-hydroxylation sites is 1. The molecule has 3 aromatic heterocycles. The van der Waals surface area contributed by atoms with Gasteiger partial charge in [0.05, 0.1) is 5.75 Å². The van der Waals surface area contributed by atoms with Crippen LogP contribution >= 0.6 is 34.7 Å². The van der Waals surface area contributed by atoms with Gasteiger partial charge in [0.15, 0.2) is 5.82 Å². The number of nitrogens with one attached hydrogen (secondary N) is 1. The third-order valence-electron chi connectivity index (χ3n) is 4.06. The Morgan fingerprint density at radius 2 is 1.92 bits per heavy atom. The quantitative estimate of drug-likeness (QED) is 0.419. The molecular weight excluding hydrogens is 386 g/mol. The van der Waals surface area contributed by atoms with Gasteiger partial charge in [0.25, 0.3) is 0 Å². The highest BCUT2D eigenvalue weighted by Gasteiger charge is 2.15. The van der Waals surface area contributed by atoms with Crippen molar-refractivity contribution < 1.29 is 0 Å². The number of H-pyrrole nitrogens is 1. The minimum absolute atomic E-state index is 0.694. The molecule has 26 heavy (non-hydrogen) atoms. The number of aromatic nitrogens is 5. The van der Waals surface area contributed by atoms with E-state index >= 15 is 0 Å². The maximum Gasteiger partial charge on any atom is 0.235 e. The van der Waals surface area contributed by atoms with E-state index in [1.54, 1.807) is 23.1 Å². The Balaban J connectivity index is 1.46. The van der Waals surface area contributed by atoms with Crippen LogP contribution in [0.15, 0.2) is 59.6 Å². The molecule has 2 aromatic carbocycles. The zero-order chi connectivity index (χ0) is 17.5. The number of halogens is 1. The van der Waals surface area contributed by atoms with E-state index in [9.17, 15) is 0 Å². The molecule has 0 aliphatic carbocycles. The molecule has 1 N–H and O–H groups in total. The number of hydrogen-bond donors (Lipinski definition) is 1. The van der Waals surface area contributed by atoms with Crippen molar-refractivity contribution in [3.63, 3.8) is 0 Å². The van der Waals surface area contributed by atoms with Crippen LogP contribution in [0.25, 0.3) is 26.4 Å². The first-order valence-electron chi connectivity index (χ1n) is 7.94. The third-order valence-corrected chi connectivity index (χ3v) is 6.25. The Bertz CT molecular complexity index is 1210. The maximum atomic E-state index is 5.94. The molecule has 0 unspecified atom stereocenters. The largest absolute Gasteiger partial charge is 0.360 e. The number of hydrogen-bond acceptors (Lipinski definition) is 5. The molecule has 0 fully saturated rings. The molecule has 8 heteroatoms. The first kappa shape index (κ1) is 15.9. The van der Waals surface area contributed by atoms with Gasteiger partial charge < -0.3 is 4.98 Å². The van der Waals surface area contributed by atoms with Crippen LogP contribution in [-0.2, 0) is 5.75 Å². The average Bonchev–Trinajstić information content (AvgIpc) is 3.35. The van der Waals surface area contributed by atoms with E-state index in [0.717, 1.165) is 42.2 Å². The molecule has 3 heterocycles. The summed E-state index contributed by atoms with van der Waals surface area (Å²) in [6.45, 7) is 0. The van der Waals surface area contributed by atoms with E-state index in [1.165, 1.54) is 0 Å². The summed E-state index contributed by atoms with van der Waals surface area (Å²) in [4.78, 5) is 5.24. The molecule has 128 valence electrons. The molecule has 5 aromatic rings. The lowest BCUT2D eigenvalue weighted by Gasteiger charge is -1.99. The summed E-state index contributed by atoms with van der Waals surface area (Å²) in [7, 11) is 0. The summed E-state index contributed by atoms with van der Waals surface area (Å²) in [6, 6.07) is 16.0. The van der Waals surface area contributed by atoms with E-state index in [1.807, 2.05) is 47.1 Å². The lowest BCUT2D eigenvalue weighted by atomic mass is 10.2. The summed E-state index contributed by atoms with van der Waals surface area (Å²) in [5.41, 5.74) is 2.19. The molecule has 0 saturated heterocycles. The summed E-state index contributed by atoms with van der Waals surface area (Å²) >= 11 is 9.17. The van der Waals surface area contributed by atoms with Crippen molar-refractivity contribution in [3.8, 4) is 10.6 Å². The Hall–Kier alpha value is -2.35. The third kappa shape index (κ3) is 2.78. The molecule has 0 bridgehead atoms. The van der Waals surface area contributed by atoms with Crippen LogP contribution in [0.5, 0.6) is 0 Å². The van der Waals surface area contributed by atoms with Crippen LogP contribution in [-0.4, -0.2) is 24.8 Å². The molecule has 0 saturated carbocycles. The minimum atomic E-state index is 0.694. The van der Waals surface area contributed by atoms with Gasteiger partial charge in [-0.25, -0.2) is 0 Å². The van der Waals surface area contributed by atoms with Gasteiger partial charge in [-0.05, 0) is 30.3 Å². The SMILES string of the molecule is Clc1ccc(SCc2nnc3sc(-c4c[nH]c5ccccc45)nn23)cc1. The van der Waals surface area contributed by atoms with Crippen LogP contribution in [0.2, 0.25) is 5.02 Å². The summed E-state index contributed by atoms with van der Waals surface area (Å²) < 4.78 is 1.84. The second kappa shape index (κ2) is 6.42. The van der Waals surface area contributed by atoms with E-state index in [4.69, 9.17) is 16.7 Å². The highest BCUT2D eigenvalue weighted by molar-refractivity contribution is 7.98. The normalized spacial score (nSPS) is 11.6. The fourth-order valence-corrected chi connectivity index (χ4v) is 4.60. The van der Waals surface area contributed by atoms with Gasteiger partial charge >= 0.3 is 0 Å². The van der Waals surface area contributed by atoms with Crippen molar-refractivity contribution >= 4 is 50.6 Å². The lowest BCUT2D eigenvalue weighted by Crippen LogP contribution is -1.93. The fraction of sp³-hybridized carbons (Fsp3) is 0.0556. The van der Waals surface area contributed by atoms with Crippen molar-refractivity contribution in [1.29, 1.82) is 0 Å². The predicted octanol–water partition coefficient (Wildman–Crippen LogP) is 5.28. The molecule has 0 aliphatic rings. The molecule has 5 rings (SSSR count). The fourth-order valence-electron chi connectivity index (χ4n) is 2.78. The number of thioether (sulfide) groups is 1. The molecule has 0 radical (unpaired) electrons. The minimum Gasteiger partial charge on any atom is -0.360 e. The molecule has 0 atom stereocenters. The summed E-state index contributed by atoms with van der Waals surface area (Å²) in [5.74, 6) is 1.53. The van der Waals surface area contributed by atoms with Gasteiger partial charge in [0.1, 0.15) is 5.01 Å². The Morgan fingerprint density at radius 3 is 2.81 bits per heavy atom. The number of benzene rings is 2. The lowest BCUT2D eigenvalue weighted by molar-refractivity contribution is 0.888. The first-order valence-corrected chi connectivity index (χ1v) is 10.1. The predicted molar refractivity (Wildman–Crippen MR) is 107 cm³/mol. The van der Waals surface area contributed by atoms with Gasteiger partial charge in [-0.1, -0.05) is 41.1 Å². The number of fused-ring (bicyclic) bond motifs is 2. The van der Waals surface area contributed by atoms with Gasteiger partial charge in [-0.3, -0.25) is 0 Å². The van der Waals surface area contributed by atoms with Crippen LogP contribution in [0.3, 0.4) is 0 Å². The smallest absolute Gasteiger partial charge is 0.235 e. The van der Waals surface area contributed by atoms with E-state index < -0.39 is 0 Å². The molecule has 0 amide bonds. The van der Waals surface area contributed by atoms with Crippen LogP contribution < -0.4 is 0 Å². The van der Waals surface area contributed by atoms with Gasteiger partial charge in [0.2, 0.25) is 4.96 Å². The van der Waals surface area contributed by atoms with Crippen LogP contribution in [0, 0.1) is 0 Å². The second-order valence-corrected chi connectivity index (χ2v) is 8.15. The molecular formula is C18H12ClN5S2. The van der Waals surface area contributed by atoms with E-state index in [2.05, 4.69) is 27.3 Å². The Labute approximate surface area is 162 Å². The molecule has 0 spiro atoms. The Morgan fingerprint density at radius 1 is 1.08 bits per heavy atom. The second-order valence-electron chi connectivity index (χ2n) is 5.71. The number of nitrogens with zero attached hydrogens (tertiary/aromatic N) is 4. The standard InChI is InChI=1S/C18H12ClN5S2/c19-11-5-7-12(8-6-11)25-10-16-21-22-18-24(16)23-17(26-18)14-9-20-15-4-2-1-3-13(14)15/h1-9,20H,10H2. The number of rotatable bonds is 4. The van der Waals surface area contributed by atoms with Crippen molar-refractivity contribution in [2.75, 3.05) is 0 Å². The zero-order valence-corrected chi connectivity index (χ0v) is 15.8. The summed E-state index contributed by atoms with van der Waals surface area (Å²) in [5, 5.41) is 16.1. The van der Waals surface area contributed by atoms with E-state index in [0.29, 0.717) is 5.75 Å². The van der Waals surface area contributed by atoms with Gasteiger partial charge in [-0.15, -0.1) is 22.0 Å². The average molecular weight is 398 g/mol. The maximum absolute atomic E-state index is 5.94. The van der Waals surface area contributed by atoms with Gasteiger partial charge in [-0.2, -0.15) is 9.61 Å². The van der Waals surface area contributed by atoms with E-state index in [-0.39, 0.29) is 0 Å². The topological polar surface area (TPSA) is 58.9 Å².